The lowest BCUT2D eigenvalue weighted by atomic mass is 10.2. The average molecular weight is 347 g/mol. The Morgan fingerprint density at radius 3 is 2.35 bits per heavy atom. The lowest BCUT2D eigenvalue weighted by Crippen LogP contribution is -2.04. The van der Waals surface area contributed by atoms with Gasteiger partial charge in [0.25, 0.3) is 0 Å². The number of benzene rings is 2. The molecule has 2 aromatic rings. The molecule has 0 bridgehead atoms. The third-order valence-electron chi connectivity index (χ3n) is 3.00. The first kappa shape index (κ1) is 15.4. The molecule has 23 heavy (non-hydrogen) atoms. The molecule has 0 aromatic heterocycles. The molecule has 0 spiro atoms. The van der Waals surface area contributed by atoms with Gasteiger partial charge in [0.2, 0.25) is 6.79 Å². The fourth-order valence-electron chi connectivity index (χ4n) is 1.87. The van der Waals surface area contributed by atoms with Crippen LogP contribution in [0.3, 0.4) is 0 Å². The average Bonchev–Trinajstić information content (AvgIpc) is 3.02. The lowest BCUT2D eigenvalue weighted by Gasteiger charge is -2.07. The van der Waals surface area contributed by atoms with Gasteiger partial charge in [-0.25, -0.2) is 17.6 Å². The fraction of sp³-hybridized carbons (Fsp3) is 0.0714. The van der Waals surface area contributed by atoms with Crippen molar-refractivity contribution < 1.29 is 27.0 Å². The van der Waals surface area contributed by atoms with E-state index in [0.717, 1.165) is 0 Å². The van der Waals surface area contributed by atoms with Crippen LogP contribution < -0.4 is 14.9 Å². The van der Waals surface area contributed by atoms with Gasteiger partial charge in [-0.3, -0.25) is 5.43 Å². The summed E-state index contributed by atoms with van der Waals surface area (Å²) in [4.78, 5) is 0. The Morgan fingerprint density at radius 2 is 1.65 bits per heavy atom. The molecule has 120 valence electrons. The maximum absolute atomic E-state index is 13.6. The highest BCUT2D eigenvalue weighted by Gasteiger charge is 2.24. The van der Waals surface area contributed by atoms with Crippen LogP contribution in [0.2, 0.25) is 5.02 Å². The van der Waals surface area contributed by atoms with Gasteiger partial charge in [0.05, 0.1) is 6.21 Å². The van der Waals surface area contributed by atoms with Gasteiger partial charge in [0, 0.05) is 0 Å². The summed E-state index contributed by atoms with van der Waals surface area (Å²) in [5.74, 6) is -5.71. The largest absolute Gasteiger partial charge is 0.454 e. The summed E-state index contributed by atoms with van der Waals surface area (Å²) in [5, 5.41) is 2.28. The number of nitrogens with zero attached hydrogens (tertiary/aromatic N) is 1. The third kappa shape index (κ3) is 2.77. The van der Waals surface area contributed by atoms with Gasteiger partial charge in [-0.1, -0.05) is 11.6 Å². The highest BCUT2D eigenvalue weighted by Crippen LogP contribution is 2.32. The molecule has 1 aliphatic rings. The summed E-state index contributed by atoms with van der Waals surface area (Å²) in [6.45, 7) is 0.0912. The highest BCUT2D eigenvalue weighted by atomic mass is 35.5. The Kier molecular flexibility index (Phi) is 3.99. The minimum absolute atomic E-state index is 0.0912. The number of hydrogen-bond donors (Lipinski definition) is 1. The van der Waals surface area contributed by atoms with Gasteiger partial charge in [-0.15, -0.1) is 0 Å². The number of anilines is 1. The summed E-state index contributed by atoms with van der Waals surface area (Å²) in [6.07, 6.45) is 1.19. The van der Waals surface area contributed by atoms with Crippen molar-refractivity contribution in [2.75, 3.05) is 12.2 Å². The van der Waals surface area contributed by atoms with E-state index in [1.54, 1.807) is 18.2 Å². The molecule has 1 heterocycles. The van der Waals surface area contributed by atoms with Crippen LogP contribution in [0.5, 0.6) is 11.5 Å². The SMILES string of the molecule is Fc1c(F)c(N/N=C/c2ccc3c(c2)OCO3)c(F)c(F)c1Cl. The topological polar surface area (TPSA) is 42.9 Å². The molecule has 0 radical (unpaired) electrons. The van der Waals surface area contributed by atoms with Crippen molar-refractivity contribution in [1.82, 2.24) is 0 Å². The van der Waals surface area contributed by atoms with Crippen LogP contribution in [-0.2, 0) is 0 Å². The summed E-state index contributed by atoms with van der Waals surface area (Å²) >= 11 is 5.12. The predicted molar refractivity (Wildman–Crippen MR) is 75.1 cm³/mol. The monoisotopic (exact) mass is 346 g/mol. The quantitative estimate of drug-likeness (QED) is 0.299. The third-order valence-corrected chi connectivity index (χ3v) is 3.33. The molecule has 4 nitrogen and oxygen atoms in total. The van der Waals surface area contributed by atoms with Crippen LogP contribution in [0, 0.1) is 23.3 Å². The van der Waals surface area contributed by atoms with Crippen LogP contribution in [0.1, 0.15) is 5.56 Å². The lowest BCUT2D eigenvalue weighted by molar-refractivity contribution is 0.174. The zero-order valence-electron chi connectivity index (χ0n) is 11.2. The van der Waals surface area contributed by atoms with E-state index in [1.165, 1.54) is 6.21 Å². The zero-order chi connectivity index (χ0) is 16.6. The Bertz CT molecular complexity index is 785. The molecule has 0 unspecified atom stereocenters. The van der Waals surface area contributed by atoms with Crippen LogP contribution in [-0.4, -0.2) is 13.0 Å². The molecule has 0 fully saturated rings. The molecular formula is C14H7ClF4N2O2. The van der Waals surface area contributed by atoms with Gasteiger partial charge in [-0.05, 0) is 23.8 Å². The van der Waals surface area contributed by atoms with Crippen LogP contribution in [0.4, 0.5) is 23.2 Å². The van der Waals surface area contributed by atoms with Crippen LogP contribution in [0.15, 0.2) is 23.3 Å². The Labute approximate surface area is 132 Å². The number of ether oxygens (including phenoxy) is 2. The number of fused-ring (bicyclic) bond motifs is 1. The van der Waals surface area contributed by atoms with E-state index < -0.39 is 34.0 Å². The number of halogens is 5. The van der Waals surface area contributed by atoms with Gasteiger partial charge in [0.1, 0.15) is 10.7 Å². The van der Waals surface area contributed by atoms with E-state index >= 15 is 0 Å². The normalized spacial score (nSPS) is 12.9. The molecule has 2 aromatic carbocycles. The number of hydrogen-bond acceptors (Lipinski definition) is 4. The first-order valence-electron chi connectivity index (χ1n) is 6.19. The minimum Gasteiger partial charge on any atom is -0.454 e. The molecule has 1 N–H and O–H groups in total. The second-order valence-electron chi connectivity index (χ2n) is 4.43. The second kappa shape index (κ2) is 5.96. The molecule has 0 amide bonds. The van der Waals surface area contributed by atoms with Crippen molar-refractivity contribution in [3.63, 3.8) is 0 Å². The molecular weight excluding hydrogens is 340 g/mol. The van der Waals surface area contributed by atoms with Crippen LogP contribution >= 0.6 is 11.6 Å². The second-order valence-corrected chi connectivity index (χ2v) is 4.81. The first-order chi connectivity index (χ1) is 11.0. The maximum Gasteiger partial charge on any atom is 0.231 e. The van der Waals surface area contributed by atoms with Gasteiger partial charge < -0.3 is 9.47 Å². The molecule has 0 saturated heterocycles. The van der Waals surface area contributed by atoms with Crippen molar-refractivity contribution in [2.45, 2.75) is 0 Å². The number of hydrazone groups is 1. The molecule has 0 atom stereocenters. The Morgan fingerprint density at radius 1 is 1.00 bits per heavy atom. The van der Waals surface area contributed by atoms with Gasteiger partial charge in [0.15, 0.2) is 34.8 Å². The Hall–Kier alpha value is -2.48. The van der Waals surface area contributed by atoms with Crippen molar-refractivity contribution in [1.29, 1.82) is 0 Å². The van der Waals surface area contributed by atoms with E-state index in [-0.39, 0.29) is 6.79 Å². The highest BCUT2D eigenvalue weighted by molar-refractivity contribution is 6.31. The molecule has 9 heteroatoms. The number of rotatable bonds is 3. The van der Waals surface area contributed by atoms with Crippen molar-refractivity contribution >= 4 is 23.5 Å². The maximum atomic E-state index is 13.6. The standard InChI is InChI=1S/C14H7ClF4N2O2/c15-9-10(16)12(18)14(13(19)11(9)17)21-20-4-6-1-2-7-8(3-6)23-5-22-7/h1-4,21H,5H2/b20-4+. The van der Waals surface area contributed by atoms with E-state index in [2.05, 4.69) is 5.10 Å². The molecule has 0 saturated carbocycles. The van der Waals surface area contributed by atoms with E-state index in [1.807, 2.05) is 5.43 Å². The summed E-state index contributed by atoms with van der Waals surface area (Å²) in [7, 11) is 0. The Balaban J connectivity index is 1.83. The summed E-state index contributed by atoms with van der Waals surface area (Å²) < 4.78 is 64.0. The zero-order valence-corrected chi connectivity index (χ0v) is 11.9. The van der Waals surface area contributed by atoms with Crippen LogP contribution in [0.25, 0.3) is 0 Å². The molecule has 1 aliphatic heterocycles. The predicted octanol–water partition coefficient (Wildman–Crippen LogP) is 4.07. The minimum atomic E-state index is -1.70. The van der Waals surface area contributed by atoms with E-state index in [0.29, 0.717) is 17.1 Å². The van der Waals surface area contributed by atoms with E-state index in [9.17, 15) is 17.6 Å². The fourth-order valence-corrected chi connectivity index (χ4v) is 2.03. The summed E-state index contributed by atoms with van der Waals surface area (Å²) in [6, 6.07) is 4.80. The first-order valence-corrected chi connectivity index (χ1v) is 6.57. The number of nitrogens with one attached hydrogen (secondary N) is 1. The molecule has 3 rings (SSSR count). The van der Waals surface area contributed by atoms with Crippen molar-refractivity contribution in [3.05, 3.63) is 52.1 Å². The van der Waals surface area contributed by atoms with Crippen molar-refractivity contribution in [3.8, 4) is 11.5 Å². The van der Waals surface area contributed by atoms with E-state index in [4.69, 9.17) is 21.1 Å². The van der Waals surface area contributed by atoms with Gasteiger partial charge in [-0.2, -0.15) is 5.10 Å². The summed E-state index contributed by atoms with van der Waals surface area (Å²) in [5.41, 5.74) is 1.34. The smallest absolute Gasteiger partial charge is 0.231 e. The van der Waals surface area contributed by atoms with Gasteiger partial charge >= 0.3 is 0 Å². The molecule has 0 aliphatic carbocycles. The van der Waals surface area contributed by atoms with Crippen molar-refractivity contribution in [2.24, 2.45) is 5.10 Å².